The van der Waals surface area contributed by atoms with Gasteiger partial charge in [0.15, 0.2) is 18.1 Å². The van der Waals surface area contributed by atoms with Gasteiger partial charge in [0, 0.05) is 0 Å². The molecular weight excluding hydrogens is 360 g/mol. The summed E-state index contributed by atoms with van der Waals surface area (Å²) in [7, 11) is 4.61. The van der Waals surface area contributed by atoms with E-state index in [-0.39, 0.29) is 13.2 Å². The van der Waals surface area contributed by atoms with Crippen molar-refractivity contribution in [2.24, 2.45) is 0 Å². The summed E-state index contributed by atoms with van der Waals surface area (Å²) in [5.74, 6) is 2.12. The van der Waals surface area contributed by atoms with Crippen molar-refractivity contribution in [1.29, 1.82) is 0 Å². The third-order valence-corrected chi connectivity index (χ3v) is 4.35. The van der Waals surface area contributed by atoms with Crippen molar-refractivity contribution < 1.29 is 28.5 Å². The quantitative estimate of drug-likeness (QED) is 0.598. The van der Waals surface area contributed by atoms with E-state index in [4.69, 9.17) is 23.7 Å². The molecule has 0 aliphatic rings. The van der Waals surface area contributed by atoms with Gasteiger partial charge in [0.25, 0.3) is 0 Å². The van der Waals surface area contributed by atoms with E-state index in [1.165, 1.54) is 21.3 Å². The van der Waals surface area contributed by atoms with Gasteiger partial charge in [-0.2, -0.15) is 0 Å². The molecule has 0 bridgehead atoms. The van der Waals surface area contributed by atoms with Gasteiger partial charge < -0.3 is 23.7 Å². The second-order valence-electron chi connectivity index (χ2n) is 6.66. The lowest BCUT2D eigenvalue weighted by atomic mass is 10.0. The van der Waals surface area contributed by atoms with E-state index in [1.54, 1.807) is 12.1 Å². The molecule has 0 saturated carbocycles. The molecule has 6 heteroatoms. The van der Waals surface area contributed by atoms with Crippen molar-refractivity contribution in [2.45, 2.75) is 33.3 Å². The van der Waals surface area contributed by atoms with Gasteiger partial charge in [-0.25, -0.2) is 4.79 Å². The fourth-order valence-corrected chi connectivity index (χ4v) is 2.69. The highest BCUT2D eigenvalue weighted by Gasteiger charge is 2.15. The number of hydrogen-bond donors (Lipinski definition) is 0. The normalized spacial score (nSPS) is 10.5. The van der Waals surface area contributed by atoms with Crippen LogP contribution in [0.4, 0.5) is 0 Å². The molecule has 0 atom stereocenters. The molecular formula is C22H28O6. The van der Waals surface area contributed by atoms with Gasteiger partial charge in [-0.15, -0.1) is 0 Å². The number of ether oxygens (including phenoxy) is 5. The van der Waals surface area contributed by atoms with E-state index in [1.807, 2.05) is 19.1 Å². The molecule has 0 aromatic heterocycles. The number of aryl methyl sites for hydroxylation is 1. The molecule has 0 amide bonds. The van der Waals surface area contributed by atoms with Gasteiger partial charge in [-0.05, 0) is 47.7 Å². The van der Waals surface area contributed by atoms with Crippen LogP contribution in [0.1, 0.15) is 36.5 Å². The Labute approximate surface area is 166 Å². The zero-order chi connectivity index (χ0) is 20.7. The van der Waals surface area contributed by atoms with Crippen LogP contribution in [0, 0.1) is 6.92 Å². The maximum absolute atomic E-state index is 12.1. The summed E-state index contributed by atoms with van der Waals surface area (Å²) < 4.78 is 26.9. The third-order valence-electron chi connectivity index (χ3n) is 4.35. The number of carbonyl (C=O) groups is 1. The van der Waals surface area contributed by atoms with Crippen LogP contribution in [0.3, 0.4) is 0 Å². The van der Waals surface area contributed by atoms with E-state index in [2.05, 4.69) is 19.9 Å². The molecule has 2 aromatic carbocycles. The van der Waals surface area contributed by atoms with E-state index >= 15 is 0 Å². The fraction of sp³-hybridized carbons (Fsp3) is 0.409. The number of esters is 1. The molecule has 2 aromatic rings. The SMILES string of the molecule is COc1cc(COC(=O)COc2cc(C(C)C)ccc2C)cc(OC)c1OC. The second kappa shape index (κ2) is 9.88. The molecule has 0 unspecified atom stereocenters. The van der Waals surface area contributed by atoms with Crippen LogP contribution in [0.15, 0.2) is 30.3 Å². The van der Waals surface area contributed by atoms with Crippen molar-refractivity contribution in [3.05, 3.63) is 47.0 Å². The molecule has 0 aliphatic heterocycles. The molecule has 0 N–H and O–H groups in total. The average molecular weight is 388 g/mol. The van der Waals surface area contributed by atoms with Crippen molar-refractivity contribution in [2.75, 3.05) is 27.9 Å². The summed E-state index contributed by atoms with van der Waals surface area (Å²) in [5, 5.41) is 0. The first-order valence-corrected chi connectivity index (χ1v) is 9.07. The molecule has 2 rings (SSSR count). The maximum atomic E-state index is 12.1. The molecule has 6 nitrogen and oxygen atoms in total. The molecule has 0 radical (unpaired) electrons. The van der Waals surface area contributed by atoms with Gasteiger partial charge in [-0.3, -0.25) is 0 Å². The topological polar surface area (TPSA) is 63.2 Å². The highest BCUT2D eigenvalue weighted by molar-refractivity contribution is 5.71. The smallest absolute Gasteiger partial charge is 0.344 e. The molecule has 28 heavy (non-hydrogen) atoms. The lowest BCUT2D eigenvalue weighted by molar-refractivity contribution is -0.147. The number of rotatable bonds is 9. The molecule has 152 valence electrons. The Morgan fingerprint density at radius 1 is 0.929 bits per heavy atom. The predicted octanol–water partition coefficient (Wildman–Crippen LogP) is 4.27. The summed E-state index contributed by atoms with van der Waals surface area (Å²) in [6.45, 7) is 6.08. The third kappa shape index (κ3) is 5.31. The lowest BCUT2D eigenvalue weighted by Gasteiger charge is -2.15. The zero-order valence-corrected chi connectivity index (χ0v) is 17.3. The van der Waals surface area contributed by atoms with Crippen LogP contribution in [0.5, 0.6) is 23.0 Å². The van der Waals surface area contributed by atoms with Crippen LogP contribution in [-0.2, 0) is 16.1 Å². The molecule has 0 saturated heterocycles. The number of hydrogen-bond acceptors (Lipinski definition) is 6. The Morgan fingerprint density at radius 2 is 1.57 bits per heavy atom. The minimum absolute atomic E-state index is 0.0733. The predicted molar refractivity (Wildman–Crippen MR) is 107 cm³/mol. The monoisotopic (exact) mass is 388 g/mol. The van der Waals surface area contributed by atoms with Crippen molar-refractivity contribution in [3.63, 3.8) is 0 Å². The fourth-order valence-electron chi connectivity index (χ4n) is 2.69. The lowest BCUT2D eigenvalue weighted by Crippen LogP contribution is -2.15. The Kier molecular flexibility index (Phi) is 7.55. The zero-order valence-electron chi connectivity index (χ0n) is 17.3. The summed E-state index contributed by atoms with van der Waals surface area (Å²) in [4.78, 5) is 12.1. The first-order valence-electron chi connectivity index (χ1n) is 9.07. The molecule has 0 heterocycles. The molecule has 0 aliphatic carbocycles. The standard InChI is InChI=1S/C22H28O6/c1-14(2)17-8-7-15(3)18(11-17)27-13-21(23)28-12-16-9-19(24-4)22(26-6)20(10-16)25-5/h7-11,14H,12-13H2,1-6H3. The highest BCUT2D eigenvalue weighted by atomic mass is 16.6. The van der Waals surface area contributed by atoms with Crippen LogP contribution < -0.4 is 18.9 Å². The van der Waals surface area contributed by atoms with Crippen molar-refractivity contribution in [3.8, 4) is 23.0 Å². The Balaban J connectivity index is 1.99. The summed E-state index contributed by atoms with van der Waals surface area (Å²) in [6, 6.07) is 9.51. The largest absolute Gasteiger partial charge is 0.493 e. The van der Waals surface area contributed by atoms with Crippen LogP contribution in [0.2, 0.25) is 0 Å². The van der Waals surface area contributed by atoms with E-state index in [9.17, 15) is 4.79 Å². The van der Waals surface area contributed by atoms with Crippen LogP contribution >= 0.6 is 0 Å². The van der Waals surface area contributed by atoms with Crippen molar-refractivity contribution >= 4 is 5.97 Å². The number of methoxy groups -OCH3 is 3. The first kappa shape index (κ1) is 21.4. The van der Waals surface area contributed by atoms with Crippen molar-refractivity contribution in [1.82, 2.24) is 0 Å². The van der Waals surface area contributed by atoms with E-state index in [0.29, 0.717) is 28.9 Å². The van der Waals surface area contributed by atoms with Crippen LogP contribution in [0.25, 0.3) is 0 Å². The van der Waals surface area contributed by atoms with Gasteiger partial charge in [-0.1, -0.05) is 26.0 Å². The Bertz CT molecular complexity index is 788. The highest BCUT2D eigenvalue weighted by Crippen LogP contribution is 2.38. The van der Waals surface area contributed by atoms with Crippen LogP contribution in [-0.4, -0.2) is 33.9 Å². The Hall–Kier alpha value is -2.89. The van der Waals surface area contributed by atoms with Gasteiger partial charge >= 0.3 is 5.97 Å². The average Bonchev–Trinajstić information content (AvgIpc) is 2.70. The number of benzene rings is 2. The minimum atomic E-state index is -0.455. The molecule has 0 fully saturated rings. The minimum Gasteiger partial charge on any atom is -0.493 e. The first-order chi connectivity index (χ1) is 13.4. The van der Waals surface area contributed by atoms with Gasteiger partial charge in [0.1, 0.15) is 12.4 Å². The summed E-state index contributed by atoms with van der Waals surface area (Å²) >= 11 is 0. The maximum Gasteiger partial charge on any atom is 0.344 e. The molecule has 0 spiro atoms. The van der Waals surface area contributed by atoms with Gasteiger partial charge in [0.05, 0.1) is 21.3 Å². The van der Waals surface area contributed by atoms with E-state index < -0.39 is 5.97 Å². The second-order valence-corrected chi connectivity index (χ2v) is 6.66. The number of carbonyl (C=O) groups excluding carboxylic acids is 1. The van der Waals surface area contributed by atoms with E-state index in [0.717, 1.165) is 16.7 Å². The summed E-state index contributed by atoms with van der Waals surface area (Å²) in [5.41, 5.74) is 2.86. The Morgan fingerprint density at radius 3 is 2.11 bits per heavy atom. The summed E-state index contributed by atoms with van der Waals surface area (Å²) in [6.07, 6.45) is 0. The van der Waals surface area contributed by atoms with Gasteiger partial charge in [0.2, 0.25) is 5.75 Å².